The number of ether oxygens (including phenoxy) is 3. The van der Waals surface area contributed by atoms with E-state index in [4.69, 9.17) is 29.7 Å². The lowest BCUT2D eigenvalue weighted by atomic mass is 10.1. The van der Waals surface area contributed by atoms with Gasteiger partial charge in [-0.1, -0.05) is 6.08 Å². The molecule has 2 aliphatic heterocycles. The number of phosphoric ester groups is 1. The van der Waals surface area contributed by atoms with Gasteiger partial charge in [0, 0.05) is 31.8 Å². The molecule has 12 nitrogen and oxygen atoms in total. The van der Waals surface area contributed by atoms with Crippen LogP contribution in [-0.4, -0.2) is 63.7 Å². The van der Waals surface area contributed by atoms with Crippen molar-refractivity contribution in [3.8, 4) is 0 Å². The first-order valence-electron chi connectivity index (χ1n) is 8.12. The SMILES string of the molecule is CC(=O)OC1[C@@H](COP(=O)(O)O)O[C@@H](N2C=CCC(C(N)=O)=C2)[C@H]1OC(C)=O. The van der Waals surface area contributed by atoms with Crippen molar-refractivity contribution in [3.63, 3.8) is 0 Å². The van der Waals surface area contributed by atoms with Gasteiger partial charge >= 0.3 is 19.8 Å². The smallest absolute Gasteiger partial charge is 0.456 e. The molecule has 2 heterocycles. The molecule has 1 fully saturated rings. The maximum Gasteiger partial charge on any atom is 0.469 e. The third-order valence-electron chi connectivity index (χ3n) is 3.83. The Hall–Kier alpha value is -2.24. The summed E-state index contributed by atoms with van der Waals surface area (Å²) in [5, 5.41) is 0. The summed E-state index contributed by atoms with van der Waals surface area (Å²) in [7, 11) is -4.83. The van der Waals surface area contributed by atoms with Crippen molar-refractivity contribution in [1.29, 1.82) is 0 Å². The van der Waals surface area contributed by atoms with Crippen LogP contribution in [0.4, 0.5) is 0 Å². The summed E-state index contributed by atoms with van der Waals surface area (Å²) in [6.07, 6.45) is 0.240. The summed E-state index contributed by atoms with van der Waals surface area (Å²) in [4.78, 5) is 53.7. The lowest BCUT2D eigenvalue weighted by Gasteiger charge is -2.30. The minimum atomic E-state index is -4.83. The van der Waals surface area contributed by atoms with Crippen LogP contribution < -0.4 is 5.73 Å². The van der Waals surface area contributed by atoms with Crippen molar-refractivity contribution in [2.45, 2.75) is 44.8 Å². The summed E-state index contributed by atoms with van der Waals surface area (Å²) in [5.41, 5.74) is 5.55. The van der Waals surface area contributed by atoms with Crippen molar-refractivity contribution in [1.82, 2.24) is 4.90 Å². The van der Waals surface area contributed by atoms with Gasteiger partial charge in [-0.15, -0.1) is 0 Å². The van der Waals surface area contributed by atoms with E-state index in [0.717, 1.165) is 13.8 Å². The highest BCUT2D eigenvalue weighted by atomic mass is 31.2. The third kappa shape index (κ3) is 5.88. The molecule has 2 aliphatic rings. The molecule has 0 aromatic heterocycles. The quantitative estimate of drug-likeness (QED) is 0.350. The first kappa shape index (κ1) is 22.1. The van der Waals surface area contributed by atoms with E-state index in [9.17, 15) is 18.9 Å². The molecular weight excluding hydrogens is 399 g/mol. The van der Waals surface area contributed by atoms with E-state index >= 15 is 0 Å². The van der Waals surface area contributed by atoms with Gasteiger partial charge in [-0.3, -0.25) is 18.9 Å². The number of carbonyl (C=O) groups excluding carboxylic acids is 3. The van der Waals surface area contributed by atoms with Gasteiger partial charge in [0.2, 0.25) is 5.91 Å². The summed E-state index contributed by atoms with van der Waals surface area (Å²) in [6, 6.07) is 0. The average molecular weight is 420 g/mol. The number of primary amides is 1. The van der Waals surface area contributed by atoms with Gasteiger partial charge in [-0.2, -0.15) is 0 Å². The second-order valence-electron chi connectivity index (χ2n) is 6.05. The summed E-state index contributed by atoms with van der Waals surface area (Å²) in [5.74, 6) is -2.09. The summed E-state index contributed by atoms with van der Waals surface area (Å²) >= 11 is 0. The Balaban J connectivity index is 2.33. The van der Waals surface area contributed by atoms with E-state index in [1.165, 1.54) is 11.1 Å². The zero-order valence-corrected chi connectivity index (χ0v) is 16.0. The maximum absolute atomic E-state index is 11.6. The largest absolute Gasteiger partial charge is 0.469 e. The fourth-order valence-corrected chi connectivity index (χ4v) is 3.14. The minimum absolute atomic E-state index is 0.256. The van der Waals surface area contributed by atoms with Gasteiger partial charge in [0.05, 0.1) is 6.61 Å². The predicted octanol–water partition coefficient (Wildman–Crippen LogP) is -0.727. The van der Waals surface area contributed by atoms with Gasteiger partial charge in [0.25, 0.3) is 0 Å². The van der Waals surface area contributed by atoms with E-state index in [0.29, 0.717) is 0 Å². The molecule has 1 amide bonds. The molecule has 1 unspecified atom stereocenters. The molecule has 13 heteroatoms. The molecule has 0 spiro atoms. The lowest BCUT2D eigenvalue weighted by Crippen LogP contribution is -2.44. The van der Waals surface area contributed by atoms with Gasteiger partial charge in [-0.25, -0.2) is 4.57 Å². The maximum atomic E-state index is 11.6. The second kappa shape index (κ2) is 8.84. The molecule has 0 bridgehead atoms. The topological polar surface area (TPSA) is 175 Å². The number of esters is 2. The summed E-state index contributed by atoms with van der Waals surface area (Å²) in [6.45, 7) is 1.61. The fraction of sp³-hybridized carbons (Fsp3) is 0.533. The van der Waals surface area contributed by atoms with E-state index in [2.05, 4.69) is 4.52 Å². The number of allylic oxidation sites excluding steroid dienone is 1. The summed E-state index contributed by atoms with van der Waals surface area (Å²) < 4.78 is 31.6. The Bertz CT molecular complexity index is 745. The van der Waals surface area contributed by atoms with Crippen LogP contribution in [0.1, 0.15) is 20.3 Å². The van der Waals surface area contributed by atoms with Crippen molar-refractivity contribution in [2.75, 3.05) is 6.61 Å². The molecule has 0 radical (unpaired) electrons. The van der Waals surface area contributed by atoms with E-state index in [-0.39, 0.29) is 12.0 Å². The first-order chi connectivity index (χ1) is 13.0. The number of carbonyl (C=O) groups is 3. The minimum Gasteiger partial charge on any atom is -0.456 e. The Labute approximate surface area is 160 Å². The van der Waals surface area contributed by atoms with Crippen molar-refractivity contribution in [3.05, 3.63) is 24.0 Å². The fourth-order valence-electron chi connectivity index (χ4n) is 2.80. The molecule has 28 heavy (non-hydrogen) atoms. The van der Waals surface area contributed by atoms with Crippen LogP contribution >= 0.6 is 7.82 Å². The van der Waals surface area contributed by atoms with Gasteiger partial charge in [-0.05, 0) is 6.42 Å². The Morgan fingerprint density at radius 2 is 1.86 bits per heavy atom. The third-order valence-corrected chi connectivity index (χ3v) is 4.31. The number of amides is 1. The zero-order valence-electron chi connectivity index (χ0n) is 15.1. The van der Waals surface area contributed by atoms with Crippen LogP contribution in [0, 0.1) is 0 Å². The highest BCUT2D eigenvalue weighted by Crippen LogP contribution is 2.38. The van der Waals surface area contributed by atoms with E-state index in [1.54, 1.807) is 12.3 Å². The standard InChI is InChI=1S/C15H21N2O10P/c1-8(18)25-12-11(7-24-28(21,22)23)27-15(13(12)26-9(2)19)17-5-3-4-10(6-17)14(16)20/h3,5-6,11-13,15H,4,7H2,1-2H3,(H2,16,20)(H2,21,22,23)/t11-,12?,13+,15-/m1/s1. The number of hydrogen-bond donors (Lipinski definition) is 3. The van der Waals surface area contributed by atoms with Crippen LogP contribution in [0.5, 0.6) is 0 Å². The molecule has 0 saturated carbocycles. The molecular formula is C15H21N2O10P. The van der Waals surface area contributed by atoms with E-state index < -0.39 is 56.8 Å². The Morgan fingerprint density at radius 1 is 1.25 bits per heavy atom. The second-order valence-corrected chi connectivity index (χ2v) is 7.29. The molecule has 1 saturated heterocycles. The highest BCUT2D eigenvalue weighted by Gasteiger charge is 2.51. The number of nitrogens with zero attached hydrogens (tertiary/aromatic N) is 1. The number of nitrogens with two attached hydrogens (primary N) is 1. The first-order valence-corrected chi connectivity index (χ1v) is 9.65. The predicted molar refractivity (Wildman–Crippen MR) is 90.6 cm³/mol. The molecule has 0 aromatic carbocycles. The van der Waals surface area contributed by atoms with Crippen LogP contribution in [0.3, 0.4) is 0 Å². The number of hydrogen-bond acceptors (Lipinski definition) is 9. The molecule has 4 atom stereocenters. The zero-order chi connectivity index (χ0) is 21.1. The van der Waals surface area contributed by atoms with Crippen LogP contribution in [0.2, 0.25) is 0 Å². The van der Waals surface area contributed by atoms with Gasteiger partial charge < -0.3 is 34.6 Å². The highest BCUT2D eigenvalue weighted by molar-refractivity contribution is 7.46. The average Bonchev–Trinajstić information content (AvgIpc) is 2.89. The Morgan fingerprint density at radius 3 is 2.39 bits per heavy atom. The molecule has 4 N–H and O–H groups in total. The normalized spacial score (nSPS) is 27.3. The molecule has 0 aliphatic carbocycles. The molecule has 156 valence electrons. The van der Waals surface area contributed by atoms with Gasteiger partial charge in [0.1, 0.15) is 6.10 Å². The van der Waals surface area contributed by atoms with Crippen molar-refractivity contribution >= 4 is 25.7 Å². The van der Waals surface area contributed by atoms with Gasteiger partial charge in [0.15, 0.2) is 18.4 Å². The Kier molecular flexibility index (Phi) is 6.96. The lowest BCUT2D eigenvalue weighted by molar-refractivity contribution is -0.166. The number of phosphoric acid groups is 1. The van der Waals surface area contributed by atoms with Crippen molar-refractivity contribution in [2.24, 2.45) is 5.73 Å². The number of rotatable bonds is 7. The molecule has 2 rings (SSSR count). The molecule has 0 aromatic rings. The van der Waals surface area contributed by atoms with E-state index in [1.807, 2.05) is 0 Å². The van der Waals surface area contributed by atoms with Crippen LogP contribution in [-0.2, 0) is 37.7 Å². The monoisotopic (exact) mass is 420 g/mol. The van der Waals surface area contributed by atoms with Crippen molar-refractivity contribution < 1.29 is 47.5 Å². The van der Waals surface area contributed by atoms with Crippen LogP contribution in [0.15, 0.2) is 24.0 Å². The van der Waals surface area contributed by atoms with Crippen LogP contribution in [0.25, 0.3) is 0 Å².